The molecule has 4 aliphatic rings. The number of rotatable bonds is 6. The van der Waals surface area contributed by atoms with Crippen LogP contribution in [0.4, 0.5) is 28.4 Å². The van der Waals surface area contributed by atoms with Crippen LogP contribution in [0, 0.1) is 13.8 Å². The Morgan fingerprint density at radius 3 is 2.27 bits per heavy atom. The zero-order valence-corrected chi connectivity index (χ0v) is 29.3. The average molecular weight is 717 g/mol. The molecule has 2 aromatic rings. The number of carbonyl (C=O) groups excluding carboxylic acids is 3. The lowest BCUT2D eigenvalue weighted by molar-refractivity contribution is -0.890. The molecule has 0 spiro atoms. The summed E-state index contributed by atoms with van der Waals surface area (Å²) in [5, 5.41) is 27.2. The van der Waals surface area contributed by atoms with Gasteiger partial charge in [-0.3, -0.25) is 4.48 Å². The SMILES string of the molecule is Cc1cc(C[C@@H](OC(=O)N2CCC(N3CCc4ccccc4NC3=O)CC2)C(=O)[N+]2(C3CCNCC3)CCC(O)(C(F)(F)F)CC2)cc(C)c1O. The minimum Gasteiger partial charge on any atom is -0.507 e. The maximum atomic E-state index is 14.9. The number of urea groups is 1. The van der Waals surface area contributed by atoms with Gasteiger partial charge in [0.2, 0.25) is 6.10 Å². The highest BCUT2D eigenvalue weighted by Crippen LogP contribution is 2.43. The first-order valence-electron chi connectivity index (χ1n) is 18.0. The third kappa shape index (κ3) is 7.54. The summed E-state index contributed by atoms with van der Waals surface area (Å²) in [6.45, 7) is 5.33. The van der Waals surface area contributed by atoms with Crippen molar-refractivity contribution in [2.24, 2.45) is 0 Å². The first kappa shape index (κ1) is 36.9. The molecule has 0 unspecified atom stereocenters. The number of ether oxygens (including phenoxy) is 1. The largest absolute Gasteiger partial charge is 0.507 e. The van der Waals surface area contributed by atoms with Gasteiger partial charge in [0.1, 0.15) is 5.75 Å². The number of nitrogens with one attached hydrogen (secondary N) is 2. The van der Waals surface area contributed by atoms with Crippen molar-refractivity contribution in [3.05, 3.63) is 58.7 Å². The van der Waals surface area contributed by atoms with E-state index in [2.05, 4.69) is 10.6 Å². The molecule has 0 radical (unpaired) electrons. The number of fused-ring (bicyclic) bond motifs is 1. The molecule has 278 valence electrons. The van der Waals surface area contributed by atoms with E-state index in [-0.39, 0.29) is 47.9 Å². The van der Waals surface area contributed by atoms with Crippen molar-refractivity contribution in [2.45, 2.75) is 95.2 Å². The summed E-state index contributed by atoms with van der Waals surface area (Å²) in [4.78, 5) is 45.2. The van der Waals surface area contributed by atoms with Crippen molar-refractivity contribution in [1.82, 2.24) is 15.1 Å². The fraction of sp³-hybridized carbons (Fsp3) is 0.595. The number of likely N-dealkylation sites (tertiary alicyclic amines) is 2. The first-order valence-corrected chi connectivity index (χ1v) is 18.0. The van der Waals surface area contributed by atoms with E-state index in [0.717, 1.165) is 11.3 Å². The molecule has 11 nitrogen and oxygen atoms in total. The number of phenols is 1. The molecule has 2 aromatic carbocycles. The molecule has 6 rings (SSSR count). The number of piperidine rings is 3. The Morgan fingerprint density at radius 2 is 1.65 bits per heavy atom. The van der Waals surface area contributed by atoms with Crippen molar-refractivity contribution < 1.29 is 47.0 Å². The number of anilines is 1. The van der Waals surface area contributed by atoms with Gasteiger partial charge in [-0.2, -0.15) is 13.2 Å². The van der Waals surface area contributed by atoms with E-state index >= 15 is 0 Å². The maximum Gasteiger partial charge on any atom is 0.417 e. The van der Waals surface area contributed by atoms with Gasteiger partial charge in [-0.05, 0) is 61.4 Å². The fourth-order valence-electron chi connectivity index (χ4n) is 8.49. The molecule has 4 heterocycles. The Bertz CT molecular complexity index is 1590. The second-order valence-electron chi connectivity index (χ2n) is 14.7. The zero-order valence-electron chi connectivity index (χ0n) is 29.3. The monoisotopic (exact) mass is 716 g/mol. The summed E-state index contributed by atoms with van der Waals surface area (Å²) in [5.74, 6) is -0.359. The Hall–Kier alpha value is -3.88. The first-order chi connectivity index (χ1) is 24.2. The van der Waals surface area contributed by atoms with Crippen LogP contribution in [0.5, 0.6) is 5.75 Å². The van der Waals surface area contributed by atoms with Crippen LogP contribution in [0.1, 0.15) is 60.8 Å². The summed E-state index contributed by atoms with van der Waals surface area (Å²) in [6, 6.07) is 10.6. The standard InChI is InChI=1S/C37H48F3N5O6/c1-24-21-26(22-25(2)32(24)46)23-31(33(47)45(29-7-14-41-15-8-29)19-12-36(50,13-20-45)37(38,39)40)51-35(49)43-16-10-28(11-17-43)44-18-9-27-5-3-4-6-30(27)42-34(44)48/h3-6,21-22,28-29,31,41,50H,7-20,23H2,1-2H3,(H-,42,46,48)/p+1/t31-,36?,45?/m1/s1. The third-order valence-corrected chi connectivity index (χ3v) is 11.6. The molecular formula is C37H49F3N5O6+. The van der Waals surface area contributed by atoms with Crippen LogP contribution in [0.3, 0.4) is 0 Å². The minimum absolute atomic E-state index is 0.0218. The quantitative estimate of drug-likeness (QED) is 0.316. The lowest BCUT2D eigenvalue weighted by Crippen LogP contribution is -2.70. The van der Waals surface area contributed by atoms with Gasteiger partial charge in [0.15, 0.2) is 5.60 Å². The molecule has 14 heteroatoms. The Morgan fingerprint density at radius 1 is 1.02 bits per heavy atom. The van der Waals surface area contributed by atoms with Gasteiger partial charge < -0.3 is 35.4 Å². The molecular weight excluding hydrogens is 667 g/mol. The Kier molecular flexibility index (Phi) is 10.6. The Labute approximate surface area is 296 Å². The maximum absolute atomic E-state index is 14.9. The van der Waals surface area contributed by atoms with Crippen LogP contribution in [0.2, 0.25) is 0 Å². The van der Waals surface area contributed by atoms with E-state index in [9.17, 15) is 37.8 Å². The number of hydrogen-bond donors (Lipinski definition) is 4. The van der Waals surface area contributed by atoms with E-state index in [1.54, 1.807) is 26.0 Å². The molecule has 0 saturated carbocycles. The smallest absolute Gasteiger partial charge is 0.417 e. The van der Waals surface area contributed by atoms with E-state index in [0.29, 0.717) is 81.5 Å². The number of aromatic hydroxyl groups is 1. The molecule has 4 N–H and O–H groups in total. The van der Waals surface area contributed by atoms with Gasteiger partial charge in [-0.1, -0.05) is 30.3 Å². The van der Waals surface area contributed by atoms with Crippen LogP contribution < -0.4 is 10.6 Å². The van der Waals surface area contributed by atoms with Crippen LogP contribution >= 0.6 is 0 Å². The molecule has 3 fully saturated rings. The number of para-hydroxylation sites is 1. The molecule has 0 aliphatic carbocycles. The lowest BCUT2D eigenvalue weighted by Gasteiger charge is -2.50. The summed E-state index contributed by atoms with van der Waals surface area (Å²) in [6.07, 6.45) is -5.30. The number of phenolic OH excluding ortho intramolecular Hbond substituents is 1. The fourth-order valence-corrected chi connectivity index (χ4v) is 8.49. The molecule has 1 atom stereocenters. The lowest BCUT2D eigenvalue weighted by atomic mass is 9.85. The summed E-state index contributed by atoms with van der Waals surface area (Å²) >= 11 is 0. The van der Waals surface area contributed by atoms with Gasteiger partial charge in [0.05, 0.1) is 19.1 Å². The number of aryl methyl sites for hydroxylation is 2. The zero-order chi connectivity index (χ0) is 36.6. The van der Waals surface area contributed by atoms with Gasteiger partial charge >= 0.3 is 24.2 Å². The number of alkyl halides is 3. The third-order valence-electron chi connectivity index (χ3n) is 11.6. The number of quaternary nitrogens is 1. The molecule has 4 aliphatic heterocycles. The van der Waals surface area contributed by atoms with E-state index in [1.165, 1.54) is 4.90 Å². The number of aliphatic hydroxyl groups is 1. The van der Waals surface area contributed by atoms with Crippen LogP contribution in [-0.4, -0.2) is 118 Å². The summed E-state index contributed by atoms with van der Waals surface area (Å²) < 4.78 is 47.6. The second kappa shape index (κ2) is 14.6. The number of benzene rings is 2. The van der Waals surface area contributed by atoms with E-state index in [4.69, 9.17) is 4.74 Å². The number of nitrogens with zero attached hydrogens (tertiary/aromatic N) is 3. The van der Waals surface area contributed by atoms with Gasteiger partial charge in [-0.25, -0.2) is 14.4 Å². The minimum atomic E-state index is -4.84. The topological polar surface area (TPSA) is 131 Å². The predicted octanol–water partition coefficient (Wildman–Crippen LogP) is 4.79. The Balaban J connectivity index is 1.21. The molecule has 0 aromatic heterocycles. The van der Waals surface area contributed by atoms with Gasteiger partial charge in [0, 0.05) is 76.6 Å². The predicted molar refractivity (Wildman–Crippen MR) is 183 cm³/mol. The van der Waals surface area contributed by atoms with Crippen molar-refractivity contribution in [3.63, 3.8) is 0 Å². The highest BCUT2D eigenvalue weighted by Gasteiger charge is 2.61. The van der Waals surface area contributed by atoms with Gasteiger partial charge in [-0.15, -0.1) is 0 Å². The van der Waals surface area contributed by atoms with Crippen molar-refractivity contribution in [3.8, 4) is 5.75 Å². The molecule has 51 heavy (non-hydrogen) atoms. The highest BCUT2D eigenvalue weighted by atomic mass is 19.4. The van der Waals surface area contributed by atoms with Crippen molar-refractivity contribution in [2.75, 3.05) is 51.1 Å². The molecule has 4 amide bonds. The normalized spacial score (nSPS) is 25.8. The molecule has 3 saturated heterocycles. The van der Waals surface area contributed by atoms with Crippen LogP contribution in [0.25, 0.3) is 0 Å². The molecule has 0 bridgehead atoms. The van der Waals surface area contributed by atoms with Crippen LogP contribution in [-0.2, 0) is 22.4 Å². The summed E-state index contributed by atoms with van der Waals surface area (Å²) in [7, 11) is 0. The number of amides is 4. The van der Waals surface area contributed by atoms with Crippen molar-refractivity contribution >= 4 is 23.7 Å². The van der Waals surface area contributed by atoms with Crippen LogP contribution in [0.15, 0.2) is 36.4 Å². The van der Waals surface area contributed by atoms with E-state index in [1.807, 2.05) is 29.2 Å². The number of halogens is 3. The van der Waals surface area contributed by atoms with Crippen molar-refractivity contribution in [1.29, 1.82) is 0 Å². The second-order valence-corrected chi connectivity index (χ2v) is 14.7. The number of hydrogen-bond acceptors (Lipinski definition) is 7. The average Bonchev–Trinajstić information content (AvgIpc) is 3.28. The number of carbonyl (C=O) groups is 3. The van der Waals surface area contributed by atoms with Gasteiger partial charge in [0.25, 0.3) is 0 Å². The van der Waals surface area contributed by atoms with E-state index < -0.39 is 42.7 Å². The highest BCUT2D eigenvalue weighted by molar-refractivity contribution is 5.91. The summed E-state index contributed by atoms with van der Waals surface area (Å²) in [5.41, 5.74) is 0.777.